The zero-order valence-electron chi connectivity index (χ0n) is 16.4. The SMILES string of the molecule is O=S(=O)(c1ccccc1)n1ccc2c(NC3CNCC3C3CC3)c(C(F)(F)F)cnc21. The van der Waals surface area contributed by atoms with Gasteiger partial charge in [0.15, 0.2) is 5.65 Å². The van der Waals surface area contributed by atoms with Gasteiger partial charge in [0.1, 0.15) is 0 Å². The summed E-state index contributed by atoms with van der Waals surface area (Å²) in [4.78, 5) is 3.95. The van der Waals surface area contributed by atoms with E-state index in [1.165, 1.54) is 24.4 Å². The molecule has 2 fully saturated rings. The minimum Gasteiger partial charge on any atom is -0.380 e. The third kappa shape index (κ3) is 3.57. The van der Waals surface area contributed by atoms with Crippen LogP contribution >= 0.6 is 0 Å². The number of hydrogen-bond donors (Lipinski definition) is 2. The molecular weight excluding hydrogens is 429 g/mol. The van der Waals surface area contributed by atoms with Crippen molar-refractivity contribution in [3.8, 4) is 0 Å². The Labute approximate surface area is 177 Å². The summed E-state index contributed by atoms with van der Waals surface area (Å²) in [5, 5.41) is 6.50. The molecule has 2 aromatic heterocycles. The van der Waals surface area contributed by atoms with Crippen molar-refractivity contribution in [1.29, 1.82) is 0 Å². The van der Waals surface area contributed by atoms with Crippen molar-refractivity contribution >= 4 is 26.7 Å². The summed E-state index contributed by atoms with van der Waals surface area (Å²) in [6.07, 6.45) is -0.458. The number of benzene rings is 1. The maximum Gasteiger partial charge on any atom is 0.419 e. The molecule has 1 aliphatic heterocycles. The molecule has 1 saturated carbocycles. The van der Waals surface area contributed by atoms with E-state index in [1.54, 1.807) is 18.2 Å². The lowest BCUT2D eigenvalue weighted by molar-refractivity contribution is -0.137. The predicted octanol–water partition coefficient (Wildman–Crippen LogP) is 3.70. The molecule has 164 valence electrons. The second kappa shape index (κ2) is 7.23. The van der Waals surface area contributed by atoms with Gasteiger partial charge in [0.05, 0.1) is 16.1 Å². The molecule has 5 rings (SSSR count). The first-order valence-corrected chi connectivity index (χ1v) is 11.6. The van der Waals surface area contributed by atoms with Crippen LogP contribution in [0.1, 0.15) is 18.4 Å². The third-order valence-corrected chi connectivity index (χ3v) is 7.79. The van der Waals surface area contributed by atoms with Crippen molar-refractivity contribution in [3.05, 3.63) is 54.4 Å². The van der Waals surface area contributed by atoms with Crippen LogP contribution in [0.2, 0.25) is 0 Å². The zero-order valence-corrected chi connectivity index (χ0v) is 17.2. The molecule has 2 unspecified atom stereocenters. The standard InChI is InChI=1S/C21H21F3N4O2S/c22-21(23,24)17-11-26-20-15(19(17)27-18-12-25-10-16(18)13-6-7-13)8-9-28(20)31(29,30)14-4-2-1-3-5-14/h1-5,8-9,11,13,16,18,25H,6-7,10,12H2,(H,26,27). The van der Waals surface area contributed by atoms with E-state index in [0.29, 0.717) is 12.5 Å². The van der Waals surface area contributed by atoms with Crippen LogP contribution in [0.25, 0.3) is 11.0 Å². The van der Waals surface area contributed by atoms with E-state index >= 15 is 0 Å². The highest BCUT2D eigenvalue weighted by molar-refractivity contribution is 7.90. The summed E-state index contributed by atoms with van der Waals surface area (Å²) < 4.78 is 68.5. The average Bonchev–Trinajstić information content (AvgIpc) is 3.30. The summed E-state index contributed by atoms with van der Waals surface area (Å²) in [5.74, 6) is 0.765. The minimum absolute atomic E-state index is 0.0340. The van der Waals surface area contributed by atoms with E-state index < -0.39 is 21.8 Å². The zero-order chi connectivity index (χ0) is 21.8. The van der Waals surface area contributed by atoms with Gasteiger partial charge in [-0.2, -0.15) is 13.2 Å². The fourth-order valence-corrected chi connectivity index (χ4v) is 5.72. The van der Waals surface area contributed by atoms with Crippen LogP contribution in [0.15, 0.2) is 53.7 Å². The van der Waals surface area contributed by atoms with Crippen LogP contribution < -0.4 is 10.6 Å². The number of hydrogen-bond acceptors (Lipinski definition) is 5. The Morgan fingerprint density at radius 2 is 1.84 bits per heavy atom. The van der Waals surface area contributed by atoms with Crippen LogP contribution in [0.5, 0.6) is 0 Å². The number of fused-ring (bicyclic) bond motifs is 1. The highest BCUT2D eigenvalue weighted by atomic mass is 32.2. The molecule has 6 nitrogen and oxygen atoms in total. The van der Waals surface area contributed by atoms with Crippen LogP contribution in [0, 0.1) is 11.8 Å². The van der Waals surface area contributed by atoms with Crippen molar-refractivity contribution in [1.82, 2.24) is 14.3 Å². The van der Waals surface area contributed by atoms with Crippen molar-refractivity contribution in [3.63, 3.8) is 0 Å². The van der Waals surface area contributed by atoms with Gasteiger partial charge in [0, 0.05) is 36.9 Å². The lowest BCUT2D eigenvalue weighted by Gasteiger charge is -2.24. The maximum absolute atomic E-state index is 13.8. The van der Waals surface area contributed by atoms with Gasteiger partial charge in [0.25, 0.3) is 10.0 Å². The average molecular weight is 450 g/mol. The number of nitrogens with one attached hydrogen (secondary N) is 2. The molecule has 3 aromatic rings. The number of alkyl halides is 3. The second-order valence-electron chi connectivity index (χ2n) is 8.12. The van der Waals surface area contributed by atoms with E-state index in [4.69, 9.17) is 0 Å². The van der Waals surface area contributed by atoms with Gasteiger partial charge in [-0.1, -0.05) is 18.2 Å². The van der Waals surface area contributed by atoms with Gasteiger partial charge < -0.3 is 10.6 Å². The van der Waals surface area contributed by atoms with Gasteiger partial charge in [-0.05, 0) is 42.9 Å². The summed E-state index contributed by atoms with van der Waals surface area (Å²) >= 11 is 0. The van der Waals surface area contributed by atoms with Crippen molar-refractivity contribution < 1.29 is 21.6 Å². The van der Waals surface area contributed by atoms with Crippen LogP contribution in [0.4, 0.5) is 18.9 Å². The Morgan fingerprint density at radius 1 is 1.10 bits per heavy atom. The maximum atomic E-state index is 13.8. The van der Waals surface area contributed by atoms with Gasteiger partial charge in [-0.15, -0.1) is 0 Å². The van der Waals surface area contributed by atoms with Crippen LogP contribution in [0.3, 0.4) is 0 Å². The Hall–Kier alpha value is -2.59. The number of anilines is 1. The van der Waals surface area contributed by atoms with Crippen molar-refractivity contribution in [2.24, 2.45) is 11.8 Å². The molecule has 10 heteroatoms. The van der Waals surface area contributed by atoms with Crippen molar-refractivity contribution in [2.75, 3.05) is 18.4 Å². The number of halogens is 3. The Kier molecular flexibility index (Phi) is 4.74. The minimum atomic E-state index is -4.62. The normalized spacial score (nSPS) is 22.2. The molecule has 2 N–H and O–H groups in total. The number of rotatable bonds is 5. The topological polar surface area (TPSA) is 76.0 Å². The fourth-order valence-electron chi connectivity index (χ4n) is 4.40. The number of pyridine rings is 1. The lowest BCUT2D eigenvalue weighted by atomic mass is 9.97. The Balaban J connectivity index is 1.63. The summed E-state index contributed by atoms with van der Waals surface area (Å²) in [6.45, 7) is 1.33. The first kappa shape index (κ1) is 20.3. The lowest BCUT2D eigenvalue weighted by Crippen LogP contribution is -2.30. The molecular formula is C21H21F3N4O2S. The first-order chi connectivity index (χ1) is 14.8. The van der Waals surface area contributed by atoms with Gasteiger partial charge in [-0.3, -0.25) is 0 Å². The third-order valence-electron chi connectivity index (χ3n) is 6.10. The molecule has 0 bridgehead atoms. The molecule has 1 aromatic carbocycles. The Morgan fingerprint density at radius 3 is 2.52 bits per heavy atom. The van der Waals surface area contributed by atoms with E-state index in [1.807, 2.05) is 0 Å². The first-order valence-electron chi connectivity index (χ1n) is 10.1. The van der Waals surface area contributed by atoms with Gasteiger partial charge in [-0.25, -0.2) is 17.4 Å². The predicted molar refractivity (Wildman–Crippen MR) is 110 cm³/mol. The van der Waals surface area contributed by atoms with E-state index in [-0.39, 0.29) is 33.6 Å². The molecule has 2 atom stereocenters. The molecule has 3 heterocycles. The highest BCUT2D eigenvalue weighted by Crippen LogP contribution is 2.43. The molecule has 2 aliphatic rings. The molecule has 0 amide bonds. The van der Waals surface area contributed by atoms with E-state index in [0.717, 1.165) is 29.6 Å². The van der Waals surface area contributed by atoms with E-state index in [2.05, 4.69) is 15.6 Å². The highest BCUT2D eigenvalue weighted by Gasteiger charge is 2.42. The van der Waals surface area contributed by atoms with Crippen LogP contribution in [-0.2, 0) is 16.2 Å². The van der Waals surface area contributed by atoms with Crippen molar-refractivity contribution in [2.45, 2.75) is 30.0 Å². The monoisotopic (exact) mass is 450 g/mol. The Bertz CT molecular complexity index is 1220. The van der Waals surface area contributed by atoms with Gasteiger partial charge >= 0.3 is 6.18 Å². The molecule has 0 spiro atoms. The fraction of sp³-hybridized carbons (Fsp3) is 0.381. The summed E-state index contributed by atoms with van der Waals surface area (Å²) in [6, 6.07) is 8.97. The summed E-state index contributed by atoms with van der Waals surface area (Å²) in [7, 11) is -4.00. The number of aromatic nitrogens is 2. The smallest absolute Gasteiger partial charge is 0.380 e. The molecule has 1 saturated heterocycles. The van der Waals surface area contributed by atoms with E-state index in [9.17, 15) is 21.6 Å². The van der Waals surface area contributed by atoms with Gasteiger partial charge in [0.2, 0.25) is 0 Å². The second-order valence-corrected chi connectivity index (χ2v) is 9.94. The molecule has 1 aliphatic carbocycles. The molecule has 0 radical (unpaired) electrons. The molecule has 31 heavy (non-hydrogen) atoms. The largest absolute Gasteiger partial charge is 0.419 e. The van der Waals surface area contributed by atoms with Crippen LogP contribution in [-0.4, -0.2) is 36.5 Å². The quantitative estimate of drug-likeness (QED) is 0.620. The number of nitrogens with zero attached hydrogens (tertiary/aromatic N) is 2. The summed E-state index contributed by atoms with van der Waals surface area (Å²) in [5.41, 5.74) is -1.04.